The van der Waals surface area contributed by atoms with Crippen LogP contribution in [0.5, 0.6) is 0 Å². The van der Waals surface area contributed by atoms with Gasteiger partial charge in [-0.1, -0.05) is 26.0 Å². The molecule has 0 saturated carbocycles. The minimum atomic E-state index is -0.959. The lowest BCUT2D eigenvalue weighted by Crippen LogP contribution is -2.45. The van der Waals surface area contributed by atoms with Gasteiger partial charge in [0.2, 0.25) is 0 Å². The Morgan fingerprint density at radius 2 is 1.74 bits per heavy atom. The number of rotatable bonds is 9. The largest absolute Gasteiger partial charge is 0.467 e. The molecule has 1 aromatic rings. The standard InChI is InChI=1S/C25H33N3O7/c1-13(2)11-19(24(30)34-7)27-23(29)20-15(5)26-16(6)21(25(31)35-14(3)4)22(20)17-9-8-10-18(12-17)28(32)33/h8-10,12-14,19,22,26H,11H2,1-7H3,(H,27,29)/t19-,22+/m1/s1. The maximum Gasteiger partial charge on any atom is 0.337 e. The van der Waals surface area contributed by atoms with E-state index < -0.39 is 40.8 Å². The van der Waals surface area contributed by atoms with E-state index in [4.69, 9.17) is 9.47 Å². The second-order valence-corrected chi connectivity index (χ2v) is 9.12. The highest BCUT2D eigenvalue weighted by molar-refractivity contribution is 6.03. The van der Waals surface area contributed by atoms with E-state index in [9.17, 15) is 24.5 Å². The SMILES string of the molecule is COC(=O)[C@@H](CC(C)C)NC(=O)C1=C(C)NC(C)=C(C(=O)OC(C)C)[C@H]1c1cccc([N+](=O)[O-])c1. The van der Waals surface area contributed by atoms with E-state index in [1.165, 1.54) is 25.3 Å². The molecule has 1 aromatic carbocycles. The highest BCUT2D eigenvalue weighted by Gasteiger charge is 2.39. The first kappa shape index (κ1) is 27.6. The van der Waals surface area contributed by atoms with Crippen LogP contribution in [-0.4, -0.2) is 42.0 Å². The summed E-state index contributed by atoms with van der Waals surface area (Å²) in [4.78, 5) is 50.0. The molecular formula is C25H33N3O7. The molecule has 2 N–H and O–H groups in total. The van der Waals surface area contributed by atoms with Crippen LogP contribution in [0.1, 0.15) is 59.4 Å². The highest BCUT2D eigenvalue weighted by Crippen LogP contribution is 2.40. The maximum absolute atomic E-state index is 13.6. The van der Waals surface area contributed by atoms with Gasteiger partial charge < -0.3 is 20.1 Å². The second-order valence-electron chi connectivity index (χ2n) is 9.12. The van der Waals surface area contributed by atoms with Gasteiger partial charge in [-0.3, -0.25) is 14.9 Å². The zero-order valence-electron chi connectivity index (χ0n) is 21.1. The van der Waals surface area contributed by atoms with Gasteiger partial charge in [0.25, 0.3) is 11.6 Å². The van der Waals surface area contributed by atoms with Crippen LogP contribution in [0.2, 0.25) is 0 Å². The van der Waals surface area contributed by atoms with Gasteiger partial charge in [-0.05, 0) is 45.6 Å². The topological polar surface area (TPSA) is 137 Å². The van der Waals surface area contributed by atoms with Gasteiger partial charge in [-0.2, -0.15) is 0 Å². The average molecular weight is 488 g/mol. The van der Waals surface area contributed by atoms with Crippen molar-refractivity contribution in [1.29, 1.82) is 0 Å². The first-order chi connectivity index (χ1) is 16.4. The number of non-ortho nitro benzene ring substituents is 1. The van der Waals surface area contributed by atoms with Crippen LogP contribution in [0.25, 0.3) is 0 Å². The number of hydrogen-bond acceptors (Lipinski definition) is 8. The van der Waals surface area contributed by atoms with Crippen LogP contribution < -0.4 is 10.6 Å². The summed E-state index contributed by atoms with van der Waals surface area (Å²) < 4.78 is 10.3. The zero-order valence-corrected chi connectivity index (χ0v) is 21.1. The third-order valence-corrected chi connectivity index (χ3v) is 5.48. The molecule has 0 saturated heterocycles. The summed E-state index contributed by atoms with van der Waals surface area (Å²) in [6.07, 6.45) is -0.0795. The number of esters is 2. The molecule has 0 unspecified atom stereocenters. The van der Waals surface area contributed by atoms with Gasteiger partial charge in [-0.25, -0.2) is 9.59 Å². The van der Waals surface area contributed by atoms with Gasteiger partial charge in [0.1, 0.15) is 6.04 Å². The molecule has 1 amide bonds. The van der Waals surface area contributed by atoms with Crippen LogP contribution in [0.15, 0.2) is 46.8 Å². The summed E-state index contributed by atoms with van der Waals surface area (Å²) in [7, 11) is 1.24. The summed E-state index contributed by atoms with van der Waals surface area (Å²) in [5.41, 5.74) is 1.43. The number of hydrogen-bond donors (Lipinski definition) is 2. The summed E-state index contributed by atoms with van der Waals surface area (Å²) in [6.45, 7) is 10.6. The number of allylic oxidation sites excluding steroid dienone is 2. The molecule has 2 rings (SSSR count). The Morgan fingerprint density at radius 1 is 1.11 bits per heavy atom. The lowest BCUT2D eigenvalue weighted by atomic mass is 9.79. The number of nitrogens with zero attached hydrogens (tertiary/aromatic N) is 1. The van der Waals surface area contributed by atoms with Crippen molar-refractivity contribution in [2.24, 2.45) is 5.92 Å². The van der Waals surface area contributed by atoms with E-state index in [1.807, 2.05) is 13.8 Å². The van der Waals surface area contributed by atoms with Crippen LogP contribution in [0.4, 0.5) is 5.69 Å². The molecule has 1 aliphatic rings. The van der Waals surface area contributed by atoms with E-state index in [1.54, 1.807) is 33.8 Å². The summed E-state index contributed by atoms with van der Waals surface area (Å²) in [5, 5.41) is 17.2. The highest BCUT2D eigenvalue weighted by atomic mass is 16.6. The van der Waals surface area contributed by atoms with E-state index in [-0.39, 0.29) is 22.8 Å². The fraction of sp³-hybridized carbons (Fsp3) is 0.480. The maximum atomic E-state index is 13.6. The number of methoxy groups -OCH3 is 1. The summed E-state index contributed by atoms with van der Waals surface area (Å²) >= 11 is 0. The van der Waals surface area contributed by atoms with Gasteiger partial charge in [0, 0.05) is 29.1 Å². The molecule has 1 aliphatic heterocycles. The molecule has 1 heterocycles. The lowest BCUT2D eigenvalue weighted by molar-refractivity contribution is -0.384. The van der Waals surface area contributed by atoms with Crippen molar-refractivity contribution >= 4 is 23.5 Å². The van der Waals surface area contributed by atoms with Crippen molar-refractivity contribution in [2.45, 2.75) is 66.0 Å². The Bertz CT molecular complexity index is 1070. The van der Waals surface area contributed by atoms with Crippen molar-refractivity contribution in [2.75, 3.05) is 7.11 Å². The quantitative estimate of drug-likeness (QED) is 0.307. The molecule has 0 fully saturated rings. The fourth-order valence-electron chi connectivity index (χ4n) is 4.06. The zero-order chi connectivity index (χ0) is 26.4. The van der Waals surface area contributed by atoms with Crippen LogP contribution in [0, 0.1) is 16.0 Å². The normalized spacial score (nSPS) is 16.7. The number of nitro benzene ring substituents is 1. The Hall–Kier alpha value is -3.69. The van der Waals surface area contributed by atoms with Crippen LogP contribution in [-0.2, 0) is 23.9 Å². The first-order valence-corrected chi connectivity index (χ1v) is 11.4. The Morgan fingerprint density at radius 3 is 2.29 bits per heavy atom. The van der Waals surface area contributed by atoms with Gasteiger partial charge >= 0.3 is 11.9 Å². The number of nitro groups is 1. The predicted octanol–water partition coefficient (Wildman–Crippen LogP) is 3.49. The number of carbonyl (C=O) groups is 3. The van der Waals surface area contributed by atoms with Crippen molar-refractivity contribution in [3.63, 3.8) is 0 Å². The van der Waals surface area contributed by atoms with E-state index in [0.717, 1.165) is 0 Å². The summed E-state index contributed by atoms with van der Waals surface area (Å²) in [6, 6.07) is 4.87. The molecule has 10 nitrogen and oxygen atoms in total. The number of ether oxygens (including phenoxy) is 2. The number of dihydropyridines is 1. The van der Waals surface area contributed by atoms with Gasteiger partial charge in [0.15, 0.2) is 0 Å². The third kappa shape index (κ3) is 6.68. The molecular weight excluding hydrogens is 454 g/mol. The number of amides is 1. The van der Waals surface area contributed by atoms with Gasteiger partial charge in [-0.15, -0.1) is 0 Å². The van der Waals surface area contributed by atoms with Gasteiger partial charge in [0.05, 0.1) is 29.6 Å². The van der Waals surface area contributed by atoms with Crippen molar-refractivity contribution in [3.8, 4) is 0 Å². The Balaban J connectivity index is 2.64. The van der Waals surface area contributed by atoms with Crippen LogP contribution in [0.3, 0.4) is 0 Å². The molecule has 35 heavy (non-hydrogen) atoms. The fourth-order valence-corrected chi connectivity index (χ4v) is 4.06. The number of nitrogens with one attached hydrogen (secondary N) is 2. The molecule has 0 spiro atoms. The minimum Gasteiger partial charge on any atom is -0.467 e. The molecule has 0 aromatic heterocycles. The first-order valence-electron chi connectivity index (χ1n) is 11.4. The van der Waals surface area contributed by atoms with Crippen molar-refractivity contribution in [1.82, 2.24) is 10.6 Å². The summed E-state index contributed by atoms with van der Waals surface area (Å²) in [5.74, 6) is -2.70. The monoisotopic (exact) mass is 487 g/mol. The average Bonchev–Trinajstić information content (AvgIpc) is 2.76. The smallest absolute Gasteiger partial charge is 0.337 e. The van der Waals surface area contributed by atoms with E-state index in [0.29, 0.717) is 23.4 Å². The van der Waals surface area contributed by atoms with E-state index in [2.05, 4.69) is 10.6 Å². The second kappa shape index (κ2) is 11.6. The van der Waals surface area contributed by atoms with E-state index >= 15 is 0 Å². The third-order valence-electron chi connectivity index (χ3n) is 5.48. The Kier molecular flexibility index (Phi) is 9.16. The van der Waals surface area contributed by atoms with Crippen LogP contribution >= 0.6 is 0 Å². The molecule has 2 atom stereocenters. The number of benzene rings is 1. The number of carbonyl (C=O) groups excluding carboxylic acids is 3. The molecule has 0 bridgehead atoms. The Labute approximate surface area is 204 Å². The molecule has 10 heteroatoms. The molecule has 0 aliphatic carbocycles. The lowest BCUT2D eigenvalue weighted by Gasteiger charge is -2.32. The molecule has 190 valence electrons. The molecule has 0 radical (unpaired) electrons. The minimum absolute atomic E-state index is 0.0882. The predicted molar refractivity (Wildman–Crippen MR) is 129 cm³/mol. The van der Waals surface area contributed by atoms with Crippen molar-refractivity contribution < 1.29 is 28.8 Å². The van der Waals surface area contributed by atoms with Crippen molar-refractivity contribution in [3.05, 3.63) is 62.5 Å².